The quantitative estimate of drug-likeness (QED) is 0.624. The second-order valence-electron chi connectivity index (χ2n) is 7.72. The third-order valence-electron chi connectivity index (χ3n) is 5.57. The molecule has 0 spiro atoms. The summed E-state index contributed by atoms with van der Waals surface area (Å²) in [6, 6.07) is 4.92. The van der Waals surface area contributed by atoms with Crippen LogP contribution in [0.4, 0.5) is 0 Å². The number of hydrogen-bond donors (Lipinski definition) is 0. The molecule has 2 fully saturated rings. The normalized spacial score (nSPS) is 20.6. The van der Waals surface area contributed by atoms with Crippen molar-refractivity contribution in [2.75, 3.05) is 53.6 Å². The molecule has 8 heteroatoms. The Bertz CT molecular complexity index is 732. The first kappa shape index (κ1) is 22.4. The van der Waals surface area contributed by atoms with E-state index in [4.69, 9.17) is 18.9 Å². The summed E-state index contributed by atoms with van der Waals surface area (Å²) >= 11 is 0. The highest BCUT2D eigenvalue weighted by molar-refractivity contribution is 5.95. The van der Waals surface area contributed by atoms with E-state index in [1.807, 2.05) is 0 Å². The van der Waals surface area contributed by atoms with Gasteiger partial charge < -0.3 is 28.7 Å². The lowest BCUT2D eigenvalue weighted by molar-refractivity contribution is -0.145. The van der Waals surface area contributed by atoms with Crippen molar-refractivity contribution in [3.05, 3.63) is 23.8 Å². The number of esters is 1. The Morgan fingerprint density at radius 2 is 1.93 bits per heavy atom. The number of methoxy groups -OCH3 is 1. The largest absolute Gasteiger partial charge is 0.493 e. The molecule has 0 aliphatic carbocycles. The minimum atomic E-state index is -0.341. The number of hydrogen-bond acceptors (Lipinski definition) is 7. The number of ether oxygens (including phenoxy) is 4. The molecular weight excluding hydrogens is 388 g/mol. The van der Waals surface area contributed by atoms with E-state index in [2.05, 4.69) is 11.9 Å². The summed E-state index contributed by atoms with van der Waals surface area (Å²) in [5.41, 5.74) is 0.498. The molecule has 2 saturated heterocycles. The number of likely N-dealkylation sites (tertiary alicyclic amines) is 1. The molecule has 1 aromatic rings. The van der Waals surface area contributed by atoms with Crippen LogP contribution in [-0.2, 0) is 14.3 Å². The first-order chi connectivity index (χ1) is 14.5. The van der Waals surface area contributed by atoms with E-state index in [1.165, 1.54) is 0 Å². The molecule has 1 amide bonds. The highest BCUT2D eigenvalue weighted by Gasteiger charge is 2.31. The maximum absolute atomic E-state index is 13.2. The molecule has 1 atom stereocenters. The van der Waals surface area contributed by atoms with Gasteiger partial charge in [-0.3, -0.25) is 9.59 Å². The van der Waals surface area contributed by atoms with Gasteiger partial charge in [0.1, 0.15) is 6.10 Å². The predicted molar refractivity (Wildman–Crippen MR) is 111 cm³/mol. The smallest absolute Gasteiger partial charge is 0.307 e. The van der Waals surface area contributed by atoms with Crippen LogP contribution >= 0.6 is 0 Å². The monoisotopic (exact) mass is 420 g/mol. The minimum Gasteiger partial charge on any atom is -0.493 e. The third-order valence-corrected chi connectivity index (χ3v) is 5.57. The van der Waals surface area contributed by atoms with Gasteiger partial charge in [-0.2, -0.15) is 0 Å². The SMILES string of the molecule is CCOC(=O)C[C@H]1COCCN1C(=O)c1ccc(OC2CCN(C)CC2)c(OC)c1. The Hall–Kier alpha value is -2.32. The topological polar surface area (TPSA) is 77.5 Å². The molecular formula is C22H32N2O6. The van der Waals surface area contributed by atoms with Crippen LogP contribution in [0.15, 0.2) is 18.2 Å². The average Bonchev–Trinajstić information content (AvgIpc) is 2.75. The van der Waals surface area contributed by atoms with Gasteiger partial charge in [-0.25, -0.2) is 0 Å². The summed E-state index contributed by atoms with van der Waals surface area (Å²) in [7, 11) is 3.68. The Kier molecular flexibility index (Phi) is 7.93. The van der Waals surface area contributed by atoms with Gasteiger partial charge in [0.2, 0.25) is 0 Å². The van der Waals surface area contributed by atoms with E-state index in [1.54, 1.807) is 37.1 Å². The number of benzene rings is 1. The lowest BCUT2D eigenvalue weighted by Gasteiger charge is -2.35. The van der Waals surface area contributed by atoms with E-state index in [0.29, 0.717) is 43.4 Å². The Morgan fingerprint density at radius 1 is 1.17 bits per heavy atom. The van der Waals surface area contributed by atoms with E-state index in [-0.39, 0.29) is 30.4 Å². The number of carbonyl (C=O) groups is 2. The average molecular weight is 421 g/mol. The Morgan fingerprint density at radius 3 is 2.63 bits per heavy atom. The molecule has 3 rings (SSSR count). The van der Waals surface area contributed by atoms with Crippen molar-refractivity contribution in [3.63, 3.8) is 0 Å². The molecule has 2 aliphatic rings. The van der Waals surface area contributed by atoms with Crippen molar-refractivity contribution < 1.29 is 28.5 Å². The zero-order valence-electron chi connectivity index (χ0n) is 18.1. The second-order valence-corrected chi connectivity index (χ2v) is 7.72. The number of carbonyl (C=O) groups excluding carboxylic acids is 2. The molecule has 8 nitrogen and oxygen atoms in total. The van der Waals surface area contributed by atoms with Gasteiger partial charge in [0.05, 0.1) is 39.4 Å². The molecule has 166 valence electrons. The van der Waals surface area contributed by atoms with Crippen molar-refractivity contribution in [1.82, 2.24) is 9.80 Å². The van der Waals surface area contributed by atoms with Crippen LogP contribution in [0.25, 0.3) is 0 Å². The van der Waals surface area contributed by atoms with Crippen molar-refractivity contribution in [2.24, 2.45) is 0 Å². The highest BCUT2D eigenvalue weighted by Crippen LogP contribution is 2.31. The number of rotatable bonds is 7. The fourth-order valence-electron chi connectivity index (χ4n) is 3.85. The van der Waals surface area contributed by atoms with Gasteiger partial charge in [-0.1, -0.05) is 0 Å². The first-order valence-corrected chi connectivity index (χ1v) is 10.6. The molecule has 0 aromatic heterocycles. The van der Waals surface area contributed by atoms with Crippen molar-refractivity contribution in [2.45, 2.75) is 38.3 Å². The van der Waals surface area contributed by atoms with E-state index in [9.17, 15) is 9.59 Å². The molecule has 0 unspecified atom stereocenters. The van der Waals surface area contributed by atoms with Crippen LogP contribution in [0.2, 0.25) is 0 Å². The summed E-state index contributed by atoms with van der Waals surface area (Å²) in [6.45, 7) is 5.28. The maximum Gasteiger partial charge on any atom is 0.307 e. The molecule has 2 heterocycles. The Labute approximate surface area is 178 Å². The number of nitrogens with zero attached hydrogens (tertiary/aromatic N) is 2. The summed E-state index contributed by atoms with van der Waals surface area (Å²) < 4.78 is 22.2. The lowest BCUT2D eigenvalue weighted by Crippen LogP contribution is -2.49. The molecule has 30 heavy (non-hydrogen) atoms. The predicted octanol–water partition coefficient (Wildman–Crippen LogP) is 1.96. The van der Waals surface area contributed by atoms with Gasteiger partial charge in [0.15, 0.2) is 11.5 Å². The summed E-state index contributed by atoms with van der Waals surface area (Å²) in [4.78, 5) is 29.1. The summed E-state index contributed by atoms with van der Waals surface area (Å²) in [6.07, 6.45) is 2.19. The zero-order chi connectivity index (χ0) is 21.5. The van der Waals surface area contributed by atoms with Crippen LogP contribution < -0.4 is 9.47 Å². The first-order valence-electron chi connectivity index (χ1n) is 10.6. The summed E-state index contributed by atoms with van der Waals surface area (Å²) in [5, 5.41) is 0. The van der Waals surface area contributed by atoms with Crippen molar-refractivity contribution >= 4 is 11.9 Å². The minimum absolute atomic E-state index is 0.119. The fourth-order valence-corrected chi connectivity index (χ4v) is 3.85. The van der Waals surface area contributed by atoms with Gasteiger partial charge >= 0.3 is 5.97 Å². The number of piperidine rings is 1. The Balaban J connectivity index is 1.70. The van der Waals surface area contributed by atoms with Crippen LogP contribution in [-0.4, -0.2) is 87.4 Å². The van der Waals surface area contributed by atoms with E-state index < -0.39 is 0 Å². The molecule has 0 bridgehead atoms. The van der Waals surface area contributed by atoms with Crippen LogP contribution in [0.5, 0.6) is 11.5 Å². The van der Waals surface area contributed by atoms with Crippen LogP contribution in [0, 0.1) is 0 Å². The van der Waals surface area contributed by atoms with Crippen LogP contribution in [0.1, 0.15) is 36.5 Å². The molecule has 2 aliphatic heterocycles. The van der Waals surface area contributed by atoms with Gasteiger partial charge in [0.25, 0.3) is 5.91 Å². The molecule has 0 N–H and O–H groups in total. The van der Waals surface area contributed by atoms with Crippen LogP contribution in [0.3, 0.4) is 0 Å². The van der Waals surface area contributed by atoms with E-state index >= 15 is 0 Å². The molecule has 1 aromatic carbocycles. The van der Waals surface area contributed by atoms with Gasteiger partial charge in [-0.15, -0.1) is 0 Å². The number of amides is 1. The molecule has 0 radical (unpaired) electrons. The zero-order valence-corrected chi connectivity index (χ0v) is 18.1. The fraction of sp³-hybridized carbons (Fsp3) is 0.636. The summed E-state index contributed by atoms with van der Waals surface area (Å²) in [5.74, 6) is 0.700. The van der Waals surface area contributed by atoms with Crippen molar-refractivity contribution in [3.8, 4) is 11.5 Å². The second kappa shape index (κ2) is 10.6. The standard InChI is InChI=1S/C22H32N2O6/c1-4-29-21(25)14-17-15-28-12-11-24(17)22(26)16-5-6-19(20(13-16)27-3)30-18-7-9-23(2)10-8-18/h5-6,13,17-18H,4,7-12,14-15H2,1-3H3/t17-/m0/s1. The van der Waals surface area contributed by atoms with Gasteiger partial charge in [0, 0.05) is 25.2 Å². The van der Waals surface area contributed by atoms with E-state index in [0.717, 1.165) is 25.9 Å². The van der Waals surface area contributed by atoms with Gasteiger partial charge in [-0.05, 0) is 45.0 Å². The lowest BCUT2D eigenvalue weighted by atomic mass is 10.1. The third kappa shape index (κ3) is 5.64. The van der Waals surface area contributed by atoms with Crippen molar-refractivity contribution in [1.29, 1.82) is 0 Å². The number of morpholine rings is 1. The maximum atomic E-state index is 13.2. The highest BCUT2D eigenvalue weighted by atomic mass is 16.5. The molecule has 0 saturated carbocycles.